The maximum absolute atomic E-state index is 12.6. The van der Waals surface area contributed by atoms with Gasteiger partial charge in [-0.25, -0.2) is 0 Å². The van der Waals surface area contributed by atoms with Gasteiger partial charge in [-0.15, -0.1) is 11.8 Å². The van der Waals surface area contributed by atoms with Crippen LogP contribution in [0.3, 0.4) is 0 Å². The Bertz CT molecular complexity index is 544. The molecule has 0 radical (unpaired) electrons. The first-order valence-corrected chi connectivity index (χ1v) is 9.93. The number of rotatable bonds is 7. The molecule has 0 bridgehead atoms. The summed E-state index contributed by atoms with van der Waals surface area (Å²) in [6.07, 6.45) is 5.05. The third-order valence-corrected chi connectivity index (χ3v) is 5.76. The van der Waals surface area contributed by atoms with Gasteiger partial charge in [-0.05, 0) is 61.7 Å². The third kappa shape index (κ3) is 5.15. The molecule has 1 amide bonds. The summed E-state index contributed by atoms with van der Waals surface area (Å²) in [5, 5.41) is 3.39. The molecular weight excluding hydrogens is 320 g/mol. The summed E-state index contributed by atoms with van der Waals surface area (Å²) in [7, 11) is 3.58. The molecule has 1 fully saturated rings. The van der Waals surface area contributed by atoms with Crippen molar-refractivity contribution in [1.29, 1.82) is 0 Å². The molecule has 134 valence electrons. The number of carbonyl (C=O) groups is 1. The predicted molar refractivity (Wildman–Crippen MR) is 101 cm³/mol. The molecule has 0 saturated carbocycles. The van der Waals surface area contributed by atoms with Crippen LogP contribution >= 0.6 is 11.8 Å². The van der Waals surface area contributed by atoms with Gasteiger partial charge in [-0.3, -0.25) is 4.79 Å². The van der Waals surface area contributed by atoms with Crippen LogP contribution in [0.15, 0.2) is 23.1 Å². The van der Waals surface area contributed by atoms with Gasteiger partial charge in [0, 0.05) is 24.9 Å². The van der Waals surface area contributed by atoms with Crippen LogP contribution in [0.4, 0.5) is 0 Å². The second-order valence-corrected chi connectivity index (χ2v) is 7.56. The van der Waals surface area contributed by atoms with Crippen molar-refractivity contribution in [2.24, 2.45) is 11.8 Å². The highest BCUT2D eigenvalue weighted by Crippen LogP contribution is 2.29. The van der Waals surface area contributed by atoms with Crippen LogP contribution < -0.4 is 10.1 Å². The average Bonchev–Trinajstić information content (AvgIpc) is 2.62. The zero-order valence-electron chi connectivity index (χ0n) is 15.3. The number of nitrogens with one attached hydrogen (secondary N) is 1. The van der Waals surface area contributed by atoms with E-state index >= 15 is 0 Å². The average molecular weight is 351 g/mol. The Morgan fingerprint density at radius 1 is 1.42 bits per heavy atom. The first kappa shape index (κ1) is 19.1. The number of methoxy groups -OCH3 is 1. The lowest BCUT2D eigenvalue weighted by Crippen LogP contribution is -2.34. The van der Waals surface area contributed by atoms with Crippen LogP contribution in [0, 0.1) is 11.8 Å². The molecule has 0 aliphatic carbocycles. The molecule has 1 N–H and O–H groups in total. The van der Waals surface area contributed by atoms with E-state index in [-0.39, 0.29) is 5.91 Å². The molecule has 2 rings (SSSR count). The maximum atomic E-state index is 12.6. The Labute approximate surface area is 150 Å². The normalized spacial score (nSPS) is 16.7. The number of hydrogen-bond acceptors (Lipinski definition) is 4. The van der Waals surface area contributed by atoms with Gasteiger partial charge in [0.15, 0.2) is 0 Å². The van der Waals surface area contributed by atoms with Crippen molar-refractivity contribution in [3.05, 3.63) is 23.8 Å². The van der Waals surface area contributed by atoms with Crippen LogP contribution in [-0.2, 0) is 11.3 Å². The van der Waals surface area contributed by atoms with Crippen molar-refractivity contribution < 1.29 is 9.53 Å². The fraction of sp³-hybridized carbons (Fsp3) is 0.632. The lowest BCUT2D eigenvalue weighted by Gasteiger charge is -2.29. The molecule has 1 aliphatic heterocycles. The SMILES string of the molecule is COc1cc(CN(C)C(=O)CC(C)C2CCNCC2)ccc1SC. The fourth-order valence-electron chi connectivity index (χ4n) is 3.35. The summed E-state index contributed by atoms with van der Waals surface area (Å²) >= 11 is 1.67. The van der Waals surface area contributed by atoms with Gasteiger partial charge in [0.2, 0.25) is 5.91 Å². The van der Waals surface area contributed by atoms with E-state index in [1.165, 1.54) is 12.8 Å². The van der Waals surface area contributed by atoms with Gasteiger partial charge in [0.1, 0.15) is 5.75 Å². The first-order valence-electron chi connectivity index (χ1n) is 8.70. The van der Waals surface area contributed by atoms with Crippen molar-refractivity contribution in [2.75, 3.05) is 33.5 Å². The second-order valence-electron chi connectivity index (χ2n) is 6.71. The van der Waals surface area contributed by atoms with Gasteiger partial charge in [-0.1, -0.05) is 13.0 Å². The molecular formula is C19H30N2O2S. The number of nitrogens with zero attached hydrogens (tertiary/aromatic N) is 1. The number of carbonyl (C=O) groups excluding carboxylic acids is 1. The number of hydrogen-bond donors (Lipinski definition) is 1. The van der Waals surface area contributed by atoms with E-state index in [4.69, 9.17) is 4.74 Å². The monoisotopic (exact) mass is 350 g/mol. The fourth-order valence-corrected chi connectivity index (χ4v) is 3.90. The molecule has 5 heteroatoms. The second kappa shape index (κ2) is 9.33. The van der Waals surface area contributed by atoms with Crippen molar-refractivity contribution in [3.63, 3.8) is 0 Å². The van der Waals surface area contributed by atoms with Crippen LogP contribution in [0.2, 0.25) is 0 Å². The van der Waals surface area contributed by atoms with Gasteiger partial charge < -0.3 is 15.0 Å². The number of ether oxygens (including phenoxy) is 1. The molecule has 1 heterocycles. The van der Waals surface area contributed by atoms with E-state index in [2.05, 4.69) is 24.4 Å². The summed E-state index contributed by atoms with van der Waals surface area (Å²) < 4.78 is 5.43. The minimum atomic E-state index is 0.231. The highest BCUT2D eigenvalue weighted by Gasteiger charge is 2.23. The number of piperidine rings is 1. The largest absolute Gasteiger partial charge is 0.496 e. The van der Waals surface area contributed by atoms with Crippen LogP contribution in [0.1, 0.15) is 31.7 Å². The third-order valence-electron chi connectivity index (χ3n) is 4.98. The van der Waals surface area contributed by atoms with Crippen molar-refractivity contribution in [2.45, 2.75) is 37.6 Å². The zero-order valence-corrected chi connectivity index (χ0v) is 16.1. The highest BCUT2D eigenvalue weighted by molar-refractivity contribution is 7.98. The summed E-state index contributed by atoms with van der Waals surface area (Å²) in [4.78, 5) is 15.5. The van der Waals surface area contributed by atoms with E-state index in [1.54, 1.807) is 18.9 Å². The topological polar surface area (TPSA) is 41.6 Å². The number of thioether (sulfide) groups is 1. The summed E-state index contributed by atoms with van der Waals surface area (Å²) in [6.45, 7) is 5.02. The summed E-state index contributed by atoms with van der Waals surface area (Å²) in [6, 6.07) is 6.18. The van der Waals surface area contributed by atoms with E-state index in [1.807, 2.05) is 24.3 Å². The quantitative estimate of drug-likeness (QED) is 0.765. The van der Waals surface area contributed by atoms with Crippen molar-refractivity contribution >= 4 is 17.7 Å². The minimum absolute atomic E-state index is 0.231. The molecule has 1 aromatic carbocycles. The zero-order chi connectivity index (χ0) is 17.5. The standard InChI is InChI=1S/C19H30N2O2S/c1-14(16-7-9-20-10-8-16)11-19(22)21(2)13-15-5-6-18(24-4)17(12-15)23-3/h5-6,12,14,16,20H,7-11,13H2,1-4H3. The first-order chi connectivity index (χ1) is 11.5. The van der Waals surface area contributed by atoms with Gasteiger partial charge >= 0.3 is 0 Å². The lowest BCUT2D eigenvalue weighted by molar-refractivity contribution is -0.131. The molecule has 1 atom stereocenters. The minimum Gasteiger partial charge on any atom is -0.496 e. The Hall–Kier alpha value is -1.20. The Morgan fingerprint density at radius 3 is 2.75 bits per heavy atom. The van der Waals surface area contributed by atoms with E-state index in [0.717, 1.165) is 29.3 Å². The summed E-state index contributed by atoms with van der Waals surface area (Å²) in [5.41, 5.74) is 1.11. The maximum Gasteiger partial charge on any atom is 0.222 e. The van der Waals surface area contributed by atoms with Gasteiger partial charge in [0.05, 0.1) is 7.11 Å². The predicted octanol–water partition coefficient (Wildman–Crippen LogP) is 3.40. The molecule has 24 heavy (non-hydrogen) atoms. The van der Waals surface area contributed by atoms with Gasteiger partial charge in [0.25, 0.3) is 0 Å². The Balaban J connectivity index is 1.91. The number of amides is 1. The lowest BCUT2D eigenvalue weighted by atomic mass is 9.84. The van der Waals surface area contributed by atoms with Gasteiger partial charge in [-0.2, -0.15) is 0 Å². The molecule has 0 aromatic heterocycles. The van der Waals surface area contributed by atoms with E-state index in [0.29, 0.717) is 24.8 Å². The smallest absolute Gasteiger partial charge is 0.222 e. The van der Waals surface area contributed by atoms with E-state index < -0.39 is 0 Å². The van der Waals surface area contributed by atoms with Crippen LogP contribution in [-0.4, -0.2) is 44.3 Å². The Kier molecular flexibility index (Phi) is 7.43. The molecule has 1 aliphatic rings. The molecule has 0 spiro atoms. The molecule has 1 aromatic rings. The van der Waals surface area contributed by atoms with Crippen LogP contribution in [0.25, 0.3) is 0 Å². The molecule has 1 unspecified atom stereocenters. The van der Waals surface area contributed by atoms with Crippen LogP contribution in [0.5, 0.6) is 5.75 Å². The summed E-state index contributed by atoms with van der Waals surface area (Å²) in [5.74, 6) is 2.23. The Morgan fingerprint density at radius 2 is 2.12 bits per heavy atom. The molecule has 4 nitrogen and oxygen atoms in total. The van der Waals surface area contributed by atoms with Crippen molar-refractivity contribution in [1.82, 2.24) is 10.2 Å². The van der Waals surface area contributed by atoms with E-state index in [9.17, 15) is 4.79 Å². The molecule has 1 saturated heterocycles. The highest BCUT2D eigenvalue weighted by atomic mass is 32.2. The number of benzene rings is 1. The van der Waals surface area contributed by atoms with Crippen molar-refractivity contribution in [3.8, 4) is 5.75 Å².